The third-order valence-electron chi connectivity index (χ3n) is 3.86. The van der Waals surface area contributed by atoms with Crippen LogP contribution >= 0.6 is 23.6 Å². The minimum Gasteiger partial charge on any atom is -0.496 e. The number of aromatic amines is 1. The number of hydrogen-bond acceptors (Lipinski definition) is 5. The first-order valence-corrected chi connectivity index (χ1v) is 9.01. The maximum atomic E-state index is 12.6. The molecule has 2 aromatic heterocycles. The highest BCUT2D eigenvalue weighted by atomic mass is 32.1. The van der Waals surface area contributed by atoms with Gasteiger partial charge in [0.25, 0.3) is 0 Å². The Morgan fingerprint density at radius 3 is 2.92 bits per heavy atom. The zero-order chi connectivity index (χ0) is 17.8. The minimum absolute atomic E-state index is 0.138. The Morgan fingerprint density at radius 2 is 2.20 bits per heavy atom. The van der Waals surface area contributed by atoms with Crippen molar-refractivity contribution in [3.05, 3.63) is 52.1 Å². The molecular formula is C17H18N4O2S2. The van der Waals surface area contributed by atoms with Crippen LogP contribution in [0.1, 0.15) is 18.5 Å². The molecule has 3 rings (SSSR count). The summed E-state index contributed by atoms with van der Waals surface area (Å²) >= 11 is 6.86. The van der Waals surface area contributed by atoms with E-state index in [4.69, 9.17) is 17.0 Å². The highest BCUT2D eigenvalue weighted by Gasteiger charge is 2.21. The summed E-state index contributed by atoms with van der Waals surface area (Å²) in [5.41, 5.74) is 0.917. The van der Waals surface area contributed by atoms with Crippen LogP contribution in [0.3, 0.4) is 0 Å². The number of rotatable bonds is 6. The first kappa shape index (κ1) is 17.4. The number of para-hydroxylation sites is 1. The van der Waals surface area contributed by atoms with E-state index in [1.165, 1.54) is 0 Å². The lowest BCUT2D eigenvalue weighted by molar-refractivity contribution is -0.124. The number of carbonyl (C=O) groups is 1. The van der Waals surface area contributed by atoms with Gasteiger partial charge < -0.3 is 10.1 Å². The number of ether oxygens (including phenoxy) is 1. The standard InChI is InChI=1S/C17H18N4O2S2/c1-11(16(22)18-10-12-6-3-4-7-13(12)23-2)21-15(19-20-17(21)24)14-8-5-9-25-14/h3-9,11H,10H2,1-2H3,(H,18,22)(H,20,24). The summed E-state index contributed by atoms with van der Waals surface area (Å²) in [5, 5.41) is 11.9. The lowest BCUT2D eigenvalue weighted by atomic mass is 10.2. The van der Waals surface area contributed by atoms with Crippen LogP contribution in [0, 0.1) is 4.77 Å². The summed E-state index contributed by atoms with van der Waals surface area (Å²) in [6, 6.07) is 11.0. The van der Waals surface area contributed by atoms with E-state index >= 15 is 0 Å². The lowest BCUT2D eigenvalue weighted by Gasteiger charge is -2.16. The molecule has 1 atom stereocenters. The van der Waals surface area contributed by atoms with E-state index in [1.807, 2.05) is 41.8 Å². The van der Waals surface area contributed by atoms with E-state index in [1.54, 1.807) is 29.9 Å². The summed E-state index contributed by atoms with van der Waals surface area (Å²) in [6.07, 6.45) is 0. The van der Waals surface area contributed by atoms with Crippen molar-refractivity contribution in [3.8, 4) is 16.5 Å². The Hall–Kier alpha value is -2.45. The van der Waals surface area contributed by atoms with Gasteiger partial charge >= 0.3 is 0 Å². The van der Waals surface area contributed by atoms with Gasteiger partial charge in [0.05, 0.1) is 12.0 Å². The van der Waals surface area contributed by atoms with Gasteiger partial charge in [-0.3, -0.25) is 14.5 Å². The predicted molar refractivity (Wildman–Crippen MR) is 100 cm³/mol. The molecule has 0 saturated carbocycles. The number of nitrogens with one attached hydrogen (secondary N) is 2. The van der Waals surface area contributed by atoms with E-state index in [0.717, 1.165) is 16.2 Å². The number of hydrogen-bond donors (Lipinski definition) is 2. The number of thiophene rings is 1. The predicted octanol–water partition coefficient (Wildman–Crippen LogP) is 3.56. The van der Waals surface area contributed by atoms with Crippen LogP contribution in [-0.2, 0) is 11.3 Å². The van der Waals surface area contributed by atoms with E-state index < -0.39 is 6.04 Å². The molecule has 1 amide bonds. The molecule has 0 aliphatic carbocycles. The van der Waals surface area contributed by atoms with Crippen molar-refractivity contribution in [2.75, 3.05) is 7.11 Å². The van der Waals surface area contributed by atoms with Crippen LogP contribution in [0.5, 0.6) is 5.75 Å². The fraction of sp³-hybridized carbons (Fsp3) is 0.235. The second-order valence-electron chi connectivity index (χ2n) is 5.41. The quantitative estimate of drug-likeness (QED) is 0.647. The van der Waals surface area contributed by atoms with Gasteiger partial charge in [0.1, 0.15) is 11.8 Å². The molecule has 0 aliphatic heterocycles. The summed E-state index contributed by atoms with van der Waals surface area (Å²) in [6.45, 7) is 2.19. The second-order valence-corrected chi connectivity index (χ2v) is 6.74. The van der Waals surface area contributed by atoms with Crippen molar-refractivity contribution in [2.45, 2.75) is 19.5 Å². The van der Waals surface area contributed by atoms with Gasteiger partial charge in [0.15, 0.2) is 10.6 Å². The van der Waals surface area contributed by atoms with Crippen LogP contribution < -0.4 is 10.1 Å². The van der Waals surface area contributed by atoms with Crippen LogP contribution in [0.15, 0.2) is 41.8 Å². The molecule has 2 N–H and O–H groups in total. The van der Waals surface area contributed by atoms with Gasteiger partial charge in [-0.05, 0) is 36.7 Å². The number of amides is 1. The Bertz CT molecular complexity index is 915. The fourth-order valence-electron chi connectivity index (χ4n) is 2.54. The number of H-pyrrole nitrogens is 1. The molecule has 3 aromatic rings. The van der Waals surface area contributed by atoms with Crippen molar-refractivity contribution in [2.24, 2.45) is 0 Å². The second kappa shape index (κ2) is 7.62. The van der Waals surface area contributed by atoms with E-state index in [9.17, 15) is 4.79 Å². The van der Waals surface area contributed by atoms with Gasteiger partial charge in [-0.15, -0.1) is 11.3 Å². The zero-order valence-corrected chi connectivity index (χ0v) is 15.5. The maximum absolute atomic E-state index is 12.6. The van der Waals surface area contributed by atoms with E-state index in [0.29, 0.717) is 17.1 Å². The smallest absolute Gasteiger partial charge is 0.243 e. The fourth-order valence-corrected chi connectivity index (χ4v) is 3.54. The third kappa shape index (κ3) is 3.64. The minimum atomic E-state index is -0.488. The van der Waals surface area contributed by atoms with Gasteiger partial charge in [-0.25, -0.2) is 0 Å². The zero-order valence-electron chi connectivity index (χ0n) is 13.9. The molecule has 1 unspecified atom stereocenters. The monoisotopic (exact) mass is 374 g/mol. The molecular weight excluding hydrogens is 356 g/mol. The molecule has 25 heavy (non-hydrogen) atoms. The molecule has 0 radical (unpaired) electrons. The van der Waals surface area contributed by atoms with Gasteiger partial charge in [-0.2, -0.15) is 5.10 Å². The first-order chi connectivity index (χ1) is 12.1. The average molecular weight is 374 g/mol. The van der Waals surface area contributed by atoms with E-state index in [2.05, 4.69) is 15.5 Å². The van der Waals surface area contributed by atoms with Crippen molar-refractivity contribution < 1.29 is 9.53 Å². The van der Waals surface area contributed by atoms with Crippen molar-refractivity contribution in [1.82, 2.24) is 20.1 Å². The largest absolute Gasteiger partial charge is 0.496 e. The van der Waals surface area contributed by atoms with Crippen LogP contribution in [0.4, 0.5) is 0 Å². The molecule has 130 valence electrons. The molecule has 0 bridgehead atoms. The van der Waals surface area contributed by atoms with Gasteiger partial charge in [0, 0.05) is 12.1 Å². The summed E-state index contributed by atoms with van der Waals surface area (Å²) in [5.74, 6) is 1.27. The summed E-state index contributed by atoms with van der Waals surface area (Å²) in [4.78, 5) is 13.6. The SMILES string of the molecule is COc1ccccc1CNC(=O)C(C)n1c(-c2cccs2)n[nH]c1=S. The van der Waals surface area contributed by atoms with Crippen LogP contribution in [-0.4, -0.2) is 27.8 Å². The highest BCUT2D eigenvalue weighted by Crippen LogP contribution is 2.25. The van der Waals surface area contributed by atoms with Crippen LogP contribution in [0.25, 0.3) is 10.7 Å². The molecule has 0 aliphatic rings. The Kier molecular flexibility index (Phi) is 5.30. The number of aromatic nitrogens is 3. The van der Waals surface area contributed by atoms with E-state index in [-0.39, 0.29) is 5.91 Å². The highest BCUT2D eigenvalue weighted by molar-refractivity contribution is 7.71. The number of benzene rings is 1. The number of nitrogens with zero attached hydrogens (tertiary/aromatic N) is 2. The molecule has 8 heteroatoms. The van der Waals surface area contributed by atoms with Crippen molar-refractivity contribution in [1.29, 1.82) is 0 Å². The molecule has 6 nitrogen and oxygen atoms in total. The number of methoxy groups -OCH3 is 1. The Balaban J connectivity index is 1.78. The molecule has 1 aromatic carbocycles. The molecule has 2 heterocycles. The average Bonchev–Trinajstić information content (AvgIpc) is 3.28. The maximum Gasteiger partial charge on any atom is 0.243 e. The molecule has 0 fully saturated rings. The van der Waals surface area contributed by atoms with Crippen LogP contribution in [0.2, 0.25) is 0 Å². The third-order valence-corrected chi connectivity index (χ3v) is 5.01. The Morgan fingerprint density at radius 1 is 1.40 bits per heavy atom. The lowest BCUT2D eigenvalue weighted by Crippen LogP contribution is -2.31. The van der Waals surface area contributed by atoms with Crippen molar-refractivity contribution in [3.63, 3.8) is 0 Å². The van der Waals surface area contributed by atoms with Crippen molar-refractivity contribution >= 4 is 29.5 Å². The van der Waals surface area contributed by atoms with Gasteiger partial charge in [-0.1, -0.05) is 24.3 Å². The topological polar surface area (TPSA) is 71.9 Å². The number of carbonyl (C=O) groups excluding carboxylic acids is 1. The summed E-state index contributed by atoms with van der Waals surface area (Å²) in [7, 11) is 1.61. The normalized spacial score (nSPS) is 11.9. The first-order valence-electron chi connectivity index (χ1n) is 7.72. The van der Waals surface area contributed by atoms with Gasteiger partial charge in [0.2, 0.25) is 5.91 Å². The Labute approximate surface area is 154 Å². The molecule has 0 spiro atoms. The summed E-state index contributed by atoms with van der Waals surface area (Å²) < 4.78 is 7.47. The molecule has 0 saturated heterocycles.